The van der Waals surface area contributed by atoms with Crippen LogP contribution in [0.2, 0.25) is 0 Å². The number of hydrogen-bond acceptors (Lipinski definition) is 6. The van der Waals surface area contributed by atoms with Crippen LogP contribution in [0.25, 0.3) is 0 Å². The molecule has 0 saturated carbocycles. The van der Waals surface area contributed by atoms with Crippen LogP contribution in [0.5, 0.6) is 0 Å². The number of hydrogen-bond donors (Lipinski definition) is 1. The SMILES string of the molecule is CCCOP(=O)([O-])OCCNC(=O)OC(C)(C)C. The lowest BCUT2D eigenvalue weighted by Gasteiger charge is -2.23. The molecule has 0 aromatic rings. The summed E-state index contributed by atoms with van der Waals surface area (Å²) in [6.45, 7) is 6.89. The van der Waals surface area contributed by atoms with E-state index < -0.39 is 19.5 Å². The van der Waals surface area contributed by atoms with E-state index in [0.29, 0.717) is 6.42 Å². The molecule has 7 nitrogen and oxygen atoms in total. The second-order valence-electron chi connectivity index (χ2n) is 4.54. The Morgan fingerprint density at radius 1 is 1.28 bits per heavy atom. The second kappa shape index (κ2) is 7.74. The second-order valence-corrected chi connectivity index (χ2v) is 5.95. The molecule has 0 heterocycles. The van der Waals surface area contributed by atoms with E-state index in [-0.39, 0.29) is 19.8 Å². The third-order valence-corrected chi connectivity index (χ3v) is 2.47. The van der Waals surface area contributed by atoms with Gasteiger partial charge in [-0.05, 0) is 27.2 Å². The summed E-state index contributed by atoms with van der Waals surface area (Å²) < 4.78 is 25.1. The molecule has 1 amide bonds. The van der Waals surface area contributed by atoms with Gasteiger partial charge in [0.05, 0.1) is 13.2 Å². The molecule has 0 radical (unpaired) electrons. The number of phosphoric ester groups is 1. The maximum atomic E-state index is 11.2. The molecular weight excluding hydrogens is 261 g/mol. The van der Waals surface area contributed by atoms with E-state index >= 15 is 0 Å². The zero-order valence-electron chi connectivity index (χ0n) is 11.2. The third-order valence-electron chi connectivity index (χ3n) is 1.47. The summed E-state index contributed by atoms with van der Waals surface area (Å²) >= 11 is 0. The van der Waals surface area contributed by atoms with Crippen molar-refractivity contribution >= 4 is 13.9 Å². The minimum Gasteiger partial charge on any atom is -0.756 e. The summed E-state index contributed by atoms with van der Waals surface area (Å²) in [5.41, 5.74) is -0.594. The van der Waals surface area contributed by atoms with Gasteiger partial charge in [-0.15, -0.1) is 0 Å². The highest BCUT2D eigenvalue weighted by atomic mass is 31.2. The Bertz CT molecular complexity index is 301. The Balaban J connectivity index is 3.73. The molecule has 0 bridgehead atoms. The highest BCUT2D eigenvalue weighted by molar-refractivity contribution is 7.45. The van der Waals surface area contributed by atoms with Crippen LogP contribution in [-0.2, 0) is 18.3 Å². The third kappa shape index (κ3) is 10.5. The minimum atomic E-state index is -4.25. The molecule has 0 aliphatic carbocycles. The van der Waals surface area contributed by atoms with Crippen LogP contribution in [0.4, 0.5) is 4.79 Å². The maximum Gasteiger partial charge on any atom is 0.407 e. The first-order valence-corrected chi connectivity index (χ1v) is 7.19. The summed E-state index contributed by atoms with van der Waals surface area (Å²) in [5, 5.41) is 2.37. The molecule has 0 saturated heterocycles. The predicted molar refractivity (Wildman–Crippen MR) is 64.0 cm³/mol. The number of rotatable bonds is 7. The fraction of sp³-hybridized carbons (Fsp3) is 0.900. The van der Waals surface area contributed by atoms with Gasteiger partial charge in [-0.1, -0.05) is 6.92 Å². The van der Waals surface area contributed by atoms with Crippen molar-refractivity contribution in [2.75, 3.05) is 19.8 Å². The van der Waals surface area contributed by atoms with E-state index in [2.05, 4.69) is 14.4 Å². The normalized spacial score (nSPS) is 14.9. The van der Waals surface area contributed by atoms with Gasteiger partial charge in [0.1, 0.15) is 5.60 Å². The van der Waals surface area contributed by atoms with Crippen molar-refractivity contribution in [2.45, 2.75) is 39.7 Å². The van der Waals surface area contributed by atoms with Crippen LogP contribution >= 0.6 is 7.82 Å². The van der Waals surface area contributed by atoms with Gasteiger partial charge < -0.3 is 24.0 Å². The van der Waals surface area contributed by atoms with E-state index in [1.807, 2.05) is 0 Å². The molecule has 108 valence electrons. The van der Waals surface area contributed by atoms with Crippen molar-refractivity contribution in [3.8, 4) is 0 Å². The lowest BCUT2D eigenvalue weighted by Crippen LogP contribution is -2.34. The summed E-state index contributed by atoms with van der Waals surface area (Å²) in [6, 6.07) is 0. The van der Waals surface area contributed by atoms with Crippen LogP contribution in [0.3, 0.4) is 0 Å². The average Bonchev–Trinajstić information content (AvgIpc) is 2.19. The van der Waals surface area contributed by atoms with E-state index in [1.54, 1.807) is 27.7 Å². The molecule has 0 fully saturated rings. The Kier molecular flexibility index (Phi) is 7.47. The number of nitrogens with one attached hydrogen (secondary N) is 1. The molecular formula is C10H21NO6P-. The molecule has 1 unspecified atom stereocenters. The molecule has 0 aromatic carbocycles. The summed E-state index contributed by atoms with van der Waals surface area (Å²) in [4.78, 5) is 22.3. The Morgan fingerprint density at radius 2 is 1.83 bits per heavy atom. The van der Waals surface area contributed by atoms with E-state index in [0.717, 1.165) is 0 Å². The van der Waals surface area contributed by atoms with Gasteiger partial charge in [0.2, 0.25) is 0 Å². The van der Waals surface area contributed by atoms with Gasteiger partial charge in [0.25, 0.3) is 7.82 Å². The minimum absolute atomic E-state index is 0.0244. The topological polar surface area (TPSA) is 96.9 Å². The smallest absolute Gasteiger partial charge is 0.407 e. The quantitative estimate of drug-likeness (QED) is 0.560. The Morgan fingerprint density at radius 3 is 2.33 bits per heavy atom. The molecule has 8 heteroatoms. The first kappa shape index (κ1) is 17.4. The van der Waals surface area contributed by atoms with Crippen molar-refractivity contribution in [1.29, 1.82) is 0 Å². The number of amides is 1. The largest absolute Gasteiger partial charge is 0.756 e. The molecule has 0 aromatic heterocycles. The number of carbonyl (C=O) groups excluding carboxylic acids is 1. The van der Waals surface area contributed by atoms with Gasteiger partial charge in [-0.25, -0.2) is 4.79 Å². The summed E-state index contributed by atoms with van der Waals surface area (Å²) in [5.74, 6) is 0. The Hall–Kier alpha value is -0.620. The van der Waals surface area contributed by atoms with E-state index in [1.165, 1.54) is 0 Å². The van der Waals surface area contributed by atoms with Crippen molar-refractivity contribution in [3.63, 3.8) is 0 Å². The van der Waals surface area contributed by atoms with Crippen molar-refractivity contribution in [2.24, 2.45) is 0 Å². The molecule has 0 rings (SSSR count). The molecule has 0 aliphatic heterocycles. The molecule has 1 N–H and O–H groups in total. The maximum absolute atomic E-state index is 11.2. The van der Waals surface area contributed by atoms with Crippen LogP contribution in [0.1, 0.15) is 34.1 Å². The predicted octanol–water partition coefficient (Wildman–Crippen LogP) is 1.42. The standard InChI is InChI=1S/C10H22NO6P/c1-5-7-15-18(13,14)16-8-6-11-9(12)17-10(2,3)4/h5-8H2,1-4H3,(H,11,12)(H,13,14)/p-1. The first-order chi connectivity index (χ1) is 8.16. The lowest BCUT2D eigenvalue weighted by atomic mass is 10.2. The summed E-state index contributed by atoms with van der Waals surface area (Å²) in [7, 11) is -4.25. The molecule has 18 heavy (non-hydrogen) atoms. The monoisotopic (exact) mass is 282 g/mol. The number of phosphoric acid groups is 1. The van der Waals surface area contributed by atoms with Gasteiger partial charge in [-0.3, -0.25) is 4.57 Å². The van der Waals surface area contributed by atoms with Crippen LogP contribution in [0.15, 0.2) is 0 Å². The van der Waals surface area contributed by atoms with Gasteiger partial charge in [0, 0.05) is 6.54 Å². The van der Waals surface area contributed by atoms with E-state index in [4.69, 9.17) is 4.74 Å². The van der Waals surface area contributed by atoms with Crippen molar-refractivity contribution in [3.05, 3.63) is 0 Å². The first-order valence-electron chi connectivity index (χ1n) is 5.73. The molecule has 0 aliphatic rings. The number of alkyl carbamates (subject to hydrolysis) is 1. The highest BCUT2D eigenvalue weighted by Gasteiger charge is 2.15. The average molecular weight is 282 g/mol. The number of carbonyl (C=O) groups is 1. The lowest BCUT2D eigenvalue weighted by molar-refractivity contribution is -0.225. The molecule has 1 atom stereocenters. The fourth-order valence-corrected chi connectivity index (χ4v) is 1.66. The zero-order valence-corrected chi connectivity index (χ0v) is 12.1. The van der Waals surface area contributed by atoms with Gasteiger partial charge in [-0.2, -0.15) is 0 Å². The van der Waals surface area contributed by atoms with Crippen LogP contribution in [-0.4, -0.2) is 31.5 Å². The van der Waals surface area contributed by atoms with Gasteiger partial charge in [0.15, 0.2) is 0 Å². The van der Waals surface area contributed by atoms with Crippen LogP contribution in [0, 0.1) is 0 Å². The van der Waals surface area contributed by atoms with Gasteiger partial charge >= 0.3 is 6.09 Å². The van der Waals surface area contributed by atoms with Crippen molar-refractivity contribution < 1.29 is 28.0 Å². The zero-order chi connectivity index (χ0) is 14.2. The van der Waals surface area contributed by atoms with Crippen LogP contribution < -0.4 is 10.2 Å². The Labute approximate surface area is 107 Å². The molecule has 0 spiro atoms. The van der Waals surface area contributed by atoms with Crippen molar-refractivity contribution in [1.82, 2.24) is 5.32 Å². The summed E-state index contributed by atoms with van der Waals surface area (Å²) in [6.07, 6.45) is -0.0486. The van der Waals surface area contributed by atoms with E-state index in [9.17, 15) is 14.3 Å². The number of ether oxygens (including phenoxy) is 1. The highest BCUT2D eigenvalue weighted by Crippen LogP contribution is 2.37. The fourth-order valence-electron chi connectivity index (χ4n) is 0.865.